The van der Waals surface area contributed by atoms with E-state index < -0.39 is 10.8 Å². The molecule has 104 valence electrons. The maximum absolute atomic E-state index is 12.4. The van der Waals surface area contributed by atoms with Gasteiger partial charge in [-0.1, -0.05) is 23.9 Å². The van der Waals surface area contributed by atoms with Gasteiger partial charge in [0.25, 0.3) is 0 Å². The van der Waals surface area contributed by atoms with Crippen molar-refractivity contribution < 1.29 is 19.1 Å². The number of nitrogens with zero attached hydrogens (tertiary/aromatic N) is 1. The lowest BCUT2D eigenvalue weighted by molar-refractivity contribution is -0.150. The summed E-state index contributed by atoms with van der Waals surface area (Å²) >= 11 is 1.34. The minimum absolute atomic E-state index is 0.0813. The van der Waals surface area contributed by atoms with E-state index >= 15 is 0 Å². The van der Waals surface area contributed by atoms with Crippen LogP contribution in [0.3, 0.4) is 0 Å². The summed E-state index contributed by atoms with van der Waals surface area (Å²) in [5.41, 5.74) is 0.750. The highest BCUT2D eigenvalue weighted by Gasteiger charge is 2.58. The van der Waals surface area contributed by atoms with E-state index in [0.717, 1.165) is 10.6 Å². The number of carbonyl (C=O) groups excluding carboxylic acids is 3. The normalized spacial score (nSPS) is 23.4. The largest absolute Gasteiger partial charge is 0.455 e. The molecule has 0 saturated carbocycles. The van der Waals surface area contributed by atoms with Gasteiger partial charge in [-0.15, -0.1) is 0 Å². The number of fused-ring (bicyclic) bond motifs is 3. The van der Waals surface area contributed by atoms with E-state index in [9.17, 15) is 14.4 Å². The molecule has 1 saturated heterocycles. The molecule has 0 radical (unpaired) electrons. The molecule has 20 heavy (non-hydrogen) atoms. The number of anilines is 1. The molecule has 1 fully saturated rings. The van der Waals surface area contributed by atoms with Gasteiger partial charge < -0.3 is 4.74 Å². The van der Waals surface area contributed by atoms with Crippen LogP contribution in [-0.2, 0) is 19.1 Å². The molecule has 0 aliphatic carbocycles. The van der Waals surface area contributed by atoms with Crippen LogP contribution in [0.5, 0.6) is 0 Å². The van der Waals surface area contributed by atoms with Crippen molar-refractivity contribution in [1.29, 1.82) is 0 Å². The van der Waals surface area contributed by atoms with Gasteiger partial charge in [0.2, 0.25) is 5.91 Å². The Labute approximate surface area is 120 Å². The molecule has 1 amide bonds. The minimum atomic E-state index is -1.03. The lowest BCUT2D eigenvalue weighted by atomic mass is 10.2. The number of thioether (sulfide) groups is 1. The van der Waals surface area contributed by atoms with Crippen LogP contribution < -0.4 is 4.90 Å². The number of Topliss-reactive ketones (excluding diaryl/α,β-unsaturated/α-hetero) is 1. The van der Waals surface area contributed by atoms with E-state index in [1.165, 1.54) is 23.6 Å². The molecule has 3 rings (SSSR count). The van der Waals surface area contributed by atoms with Crippen molar-refractivity contribution in [3.63, 3.8) is 0 Å². The van der Waals surface area contributed by atoms with Crippen LogP contribution in [0.25, 0.3) is 0 Å². The van der Waals surface area contributed by atoms with E-state index in [0.29, 0.717) is 12.8 Å². The molecule has 1 aromatic rings. The van der Waals surface area contributed by atoms with Crippen molar-refractivity contribution in [1.82, 2.24) is 0 Å². The van der Waals surface area contributed by atoms with Gasteiger partial charge >= 0.3 is 5.97 Å². The average molecular weight is 291 g/mol. The minimum Gasteiger partial charge on any atom is -0.455 e. The van der Waals surface area contributed by atoms with Crippen molar-refractivity contribution in [2.24, 2.45) is 0 Å². The number of hydrogen-bond acceptors (Lipinski definition) is 5. The lowest BCUT2D eigenvalue weighted by Crippen LogP contribution is -2.48. The highest BCUT2D eigenvalue weighted by Crippen LogP contribution is 2.56. The van der Waals surface area contributed by atoms with Crippen LogP contribution in [0.15, 0.2) is 29.2 Å². The molecule has 2 aliphatic heterocycles. The monoisotopic (exact) mass is 291 g/mol. The van der Waals surface area contributed by atoms with Crippen molar-refractivity contribution in [3.05, 3.63) is 24.3 Å². The van der Waals surface area contributed by atoms with Gasteiger partial charge in [-0.3, -0.25) is 14.5 Å². The molecule has 1 aromatic carbocycles. The number of rotatable bonds is 3. The zero-order valence-corrected chi connectivity index (χ0v) is 11.7. The van der Waals surface area contributed by atoms with Crippen LogP contribution >= 0.6 is 11.8 Å². The van der Waals surface area contributed by atoms with Crippen LogP contribution in [-0.4, -0.2) is 29.1 Å². The van der Waals surface area contributed by atoms with Crippen LogP contribution in [0.2, 0.25) is 0 Å². The molecule has 2 aliphatic rings. The second kappa shape index (κ2) is 4.63. The fourth-order valence-corrected chi connectivity index (χ4v) is 3.96. The van der Waals surface area contributed by atoms with E-state index in [1.807, 2.05) is 24.3 Å². The Kier molecular flexibility index (Phi) is 3.05. The fraction of sp³-hybridized carbons (Fsp3) is 0.357. The predicted octanol–water partition coefficient (Wildman–Crippen LogP) is 1.75. The maximum atomic E-state index is 12.4. The summed E-state index contributed by atoms with van der Waals surface area (Å²) in [6.45, 7) is 1.11. The molecular formula is C14H13NO4S. The van der Waals surface area contributed by atoms with E-state index in [1.54, 1.807) is 0 Å². The van der Waals surface area contributed by atoms with Gasteiger partial charge in [0.05, 0.1) is 5.69 Å². The summed E-state index contributed by atoms with van der Waals surface area (Å²) in [6, 6.07) is 7.41. The molecule has 0 bridgehead atoms. The van der Waals surface area contributed by atoms with Crippen molar-refractivity contribution >= 4 is 35.1 Å². The number of ketones is 1. The smallest absolute Gasteiger partial charge is 0.343 e. The molecule has 0 N–H and O–H groups in total. The van der Waals surface area contributed by atoms with Crippen LogP contribution in [0.4, 0.5) is 5.69 Å². The van der Waals surface area contributed by atoms with E-state index in [4.69, 9.17) is 4.74 Å². The first kappa shape index (κ1) is 13.2. The Hall–Kier alpha value is -1.82. The third kappa shape index (κ3) is 1.83. The van der Waals surface area contributed by atoms with Gasteiger partial charge in [-0.05, 0) is 19.1 Å². The zero-order valence-electron chi connectivity index (χ0n) is 10.9. The van der Waals surface area contributed by atoms with Gasteiger partial charge in [0.1, 0.15) is 6.61 Å². The summed E-state index contributed by atoms with van der Waals surface area (Å²) in [7, 11) is 0. The van der Waals surface area contributed by atoms with Gasteiger partial charge in [0.15, 0.2) is 10.7 Å². The van der Waals surface area contributed by atoms with Crippen molar-refractivity contribution in [3.8, 4) is 0 Å². The van der Waals surface area contributed by atoms with Gasteiger partial charge in [0, 0.05) is 17.7 Å². The number of hydrogen-bond donors (Lipinski definition) is 0. The first-order valence-electron chi connectivity index (χ1n) is 6.32. The Morgan fingerprint density at radius 3 is 2.90 bits per heavy atom. The SMILES string of the molecule is CC(=O)COC(=O)[C@@]12CCC(=O)N1c1ccccc1S2. The number of ether oxygens (including phenoxy) is 1. The Bertz CT molecular complexity index is 615. The first-order valence-corrected chi connectivity index (χ1v) is 7.14. The average Bonchev–Trinajstić information content (AvgIpc) is 2.92. The molecule has 0 spiro atoms. The molecule has 6 heteroatoms. The third-order valence-electron chi connectivity index (χ3n) is 3.40. The van der Waals surface area contributed by atoms with Crippen molar-refractivity contribution in [2.75, 3.05) is 11.5 Å². The van der Waals surface area contributed by atoms with E-state index in [-0.39, 0.29) is 18.3 Å². The highest BCUT2D eigenvalue weighted by molar-refractivity contribution is 8.02. The summed E-state index contributed by atoms with van der Waals surface area (Å²) in [6.07, 6.45) is 0.721. The number of esters is 1. The van der Waals surface area contributed by atoms with Crippen molar-refractivity contribution in [2.45, 2.75) is 29.5 Å². The lowest BCUT2D eigenvalue weighted by Gasteiger charge is -2.28. The number of benzene rings is 1. The summed E-state index contributed by atoms with van der Waals surface area (Å²) in [5.74, 6) is -0.812. The quantitative estimate of drug-likeness (QED) is 0.794. The standard InChI is InChI=1S/C14H13NO4S/c1-9(16)8-19-13(18)14-7-6-12(17)15(14)10-4-2-3-5-11(10)20-14/h2-5H,6-8H2,1H3/t14-/m0/s1. The Morgan fingerprint density at radius 2 is 2.15 bits per heavy atom. The van der Waals surface area contributed by atoms with Gasteiger partial charge in [-0.2, -0.15) is 0 Å². The third-order valence-corrected chi connectivity index (χ3v) is 4.85. The summed E-state index contributed by atoms with van der Waals surface area (Å²) in [4.78, 5) is 36.8. The van der Waals surface area contributed by atoms with Crippen LogP contribution in [0, 0.1) is 0 Å². The summed E-state index contributed by atoms with van der Waals surface area (Å²) < 4.78 is 5.07. The van der Waals surface area contributed by atoms with Gasteiger partial charge in [-0.25, -0.2) is 4.79 Å². The van der Waals surface area contributed by atoms with Crippen LogP contribution in [0.1, 0.15) is 19.8 Å². The number of amides is 1. The Balaban J connectivity index is 1.95. The predicted molar refractivity (Wildman–Crippen MR) is 73.4 cm³/mol. The first-order chi connectivity index (χ1) is 9.54. The molecule has 1 atom stereocenters. The summed E-state index contributed by atoms with van der Waals surface area (Å²) in [5, 5.41) is 0. The number of para-hydroxylation sites is 1. The molecule has 0 unspecified atom stereocenters. The van der Waals surface area contributed by atoms with E-state index in [2.05, 4.69) is 0 Å². The zero-order chi connectivity index (χ0) is 14.3. The fourth-order valence-electron chi connectivity index (χ4n) is 2.55. The second-order valence-electron chi connectivity index (χ2n) is 4.86. The topological polar surface area (TPSA) is 63.7 Å². The highest BCUT2D eigenvalue weighted by atomic mass is 32.2. The second-order valence-corrected chi connectivity index (χ2v) is 6.18. The Morgan fingerprint density at radius 1 is 1.40 bits per heavy atom. The maximum Gasteiger partial charge on any atom is 0.343 e. The molecule has 0 aromatic heterocycles. The molecule has 5 nitrogen and oxygen atoms in total. The molecular weight excluding hydrogens is 278 g/mol. The molecule has 2 heterocycles. The number of carbonyl (C=O) groups is 3.